The summed E-state index contributed by atoms with van der Waals surface area (Å²) < 4.78 is 27.9. The Morgan fingerprint density at radius 2 is 2.12 bits per heavy atom. The first-order valence-electron chi connectivity index (χ1n) is 5.06. The van der Waals surface area contributed by atoms with Gasteiger partial charge in [-0.25, -0.2) is 8.42 Å². The van der Waals surface area contributed by atoms with Gasteiger partial charge in [0.25, 0.3) is 0 Å². The van der Waals surface area contributed by atoms with Gasteiger partial charge in [-0.15, -0.1) is 0 Å². The van der Waals surface area contributed by atoms with E-state index in [0.29, 0.717) is 17.0 Å². The van der Waals surface area contributed by atoms with Crippen molar-refractivity contribution in [2.75, 3.05) is 0 Å². The Morgan fingerprint density at radius 3 is 2.76 bits per heavy atom. The first-order chi connectivity index (χ1) is 7.87. The van der Waals surface area contributed by atoms with E-state index in [9.17, 15) is 8.42 Å². The number of hydrogen-bond acceptors (Lipinski definition) is 4. The summed E-state index contributed by atoms with van der Waals surface area (Å²) in [5.74, 6) is 0.669. The summed E-state index contributed by atoms with van der Waals surface area (Å²) >= 11 is 3.38. The summed E-state index contributed by atoms with van der Waals surface area (Å²) in [5.41, 5.74) is 0.915. The maximum atomic E-state index is 10.7. The number of aliphatic imine (C=N–C) groups is 1. The van der Waals surface area contributed by atoms with Crippen molar-refractivity contribution in [2.24, 2.45) is 4.99 Å². The van der Waals surface area contributed by atoms with Crippen molar-refractivity contribution in [3.8, 4) is 5.75 Å². The molecule has 1 aliphatic heterocycles. The topological polar surface area (TPSA) is 55.7 Å². The van der Waals surface area contributed by atoms with E-state index in [1.54, 1.807) is 18.3 Å². The highest BCUT2D eigenvalue weighted by molar-refractivity contribution is 9.10. The normalized spacial score (nSPS) is 16.7. The van der Waals surface area contributed by atoms with Crippen LogP contribution in [0.4, 0.5) is 5.69 Å². The molecule has 0 spiro atoms. The van der Waals surface area contributed by atoms with Crippen molar-refractivity contribution in [3.05, 3.63) is 22.2 Å². The quantitative estimate of drug-likeness (QED) is 0.852. The molecular weight excluding hydrogens is 306 g/mol. The highest BCUT2D eigenvalue weighted by Gasteiger charge is 2.25. The van der Waals surface area contributed by atoms with Gasteiger partial charge in [0, 0.05) is 6.21 Å². The second kappa shape index (κ2) is 4.42. The van der Waals surface area contributed by atoms with Crippen LogP contribution in [0.5, 0.6) is 5.75 Å². The highest BCUT2D eigenvalue weighted by Crippen LogP contribution is 2.41. The molecule has 0 saturated heterocycles. The van der Waals surface area contributed by atoms with Gasteiger partial charge in [0.1, 0.15) is 22.0 Å². The molecule has 0 saturated carbocycles. The molecule has 1 aliphatic rings. The number of nitrogens with zero attached hydrogens (tertiary/aromatic N) is 1. The molecule has 0 bridgehead atoms. The fourth-order valence-electron chi connectivity index (χ4n) is 1.59. The number of thiol groups is 1. The second-order valence-corrected chi connectivity index (χ2v) is 6.22. The van der Waals surface area contributed by atoms with E-state index < -0.39 is 16.3 Å². The average molecular weight is 318 g/mol. The summed E-state index contributed by atoms with van der Waals surface area (Å²) in [6.45, 7) is 3.82. The number of ether oxygens (including phenoxy) is 1. The van der Waals surface area contributed by atoms with E-state index >= 15 is 0 Å². The fourth-order valence-corrected chi connectivity index (χ4v) is 2.64. The second-order valence-electron chi connectivity index (χ2n) is 4.38. The first-order valence-corrected chi connectivity index (χ1v) is 7.21. The Balaban J connectivity index is 2.46. The highest BCUT2D eigenvalue weighted by atomic mass is 79.9. The summed E-state index contributed by atoms with van der Waals surface area (Å²) in [6.07, 6.45) is 1.71. The maximum Gasteiger partial charge on any atom is 0.160 e. The monoisotopic (exact) mass is 317 g/mol. The van der Waals surface area contributed by atoms with Crippen LogP contribution in [0, 0.1) is 0 Å². The van der Waals surface area contributed by atoms with Gasteiger partial charge < -0.3 is 4.74 Å². The van der Waals surface area contributed by atoms with Crippen LogP contribution in [-0.2, 0) is 16.5 Å². The van der Waals surface area contributed by atoms with Gasteiger partial charge >= 0.3 is 0 Å². The molecule has 0 unspecified atom stereocenters. The smallest absolute Gasteiger partial charge is 0.160 e. The van der Waals surface area contributed by atoms with Crippen LogP contribution < -0.4 is 4.74 Å². The van der Waals surface area contributed by atoms with Crippen LogP contribution in [0.1, 0.15) is 19.4 Å². The van der Waals surface area contributed by atoms with Gasteiger partial charge in [-0.3, -0.25) is 4.99 Å². The zero-order valence-corrected chi connectivity index (χ0v) is 11.9. The molecule has 1 heterocycles. The van der Waals surface area contributed by atoms with Crippen molar-refractivity contribution >= 4 is 38.5 Å². The van der Waals surface area contributed by atoms with Crippen molar-refractivity contribution in [3.63, 3.8) is 0 Å². The predicted octanol–water partition coefficient (Wildman–Crippen LogP) is 2.43. The Morgan fingerprint density at radius 1 is 1.41 bits per heavy atom. The first kappa shape index (κ1) is 12.6. The predicted molar refractivity (Wildman–Crippen MR) is 71.0 cm³/mol. The molecule has 17 heavy (non-hydrogen) atoms. The number of rotatable bonds is 2. The Labute approximate surface area is 110 Å². The van der Waals surface area contributed by atoms with E-state index in [4.69, 9.17) is 4.74 Å². The molecule has 4 nitrogen and oxygen atoms in total. The summed E-state index contributed by atoms with van der Waals surface area (Å²) in [4.78, 5) is 4.30. The lowest BCUT2D eigenvalue weighted by atomic mass is 10.1. The molecule has 0 aliphatic carbocycles. The molecule has 1 aromatic rings. The van der Waals surface area contributed by atoms with Gasteiger partial charge in [-0.05, 0) is 47.5 Å². The van der Waals surface area contributed by atoms with Crippen LogP contribution in [0.15, 0.2) is 21.6 Å². The number of fused-ring (bicyclic) bond motifs is 1. The molecular formula is C11H12BrNO3S. The lowest BCUT2D eigenvalue weighted by Crippen LogP contribution is -2.31. The van der Waals surface area contributed by atoms with Gasteiger partial charge in [0.15, 0.2) is 5.75 Å². The molecule has 0 fully saturated rings. The van der Waals surface area contributed by atoms with Gasteiger partial charge in [-0.2, -0.15) is 0 Å². The molecule has 1 aromatic carbocycles. The number of hydrogen-bond donors (Lipinski definition) is 1. The molecule has 0 N–H and O–H groups in total. The lowest BCUT2D eigenvalue weighted by Gasteiger charge is -2.27. The van der Waals surface area contributed by atoms with Crippen molar-refractivity contribution in [1.29, 1.82) is 0 Å². The Kier molecular flexibility index (Phi) is 3.27. The minimum Gasteiger partial charge on any atom is -0.479 e. The molecule has 0 atom stereocenters. The maximum absolute atomic E-state index is 10.7. The zero-order valence-electron chi connectivity index (χ0n) is 9.44. The van der Waals surface area contributed by atoms with Crippen LogP contribution in [-0.4, -0.2) is 20.2 Å². The fraction of sp³-hybridized carbons (Fsp3) is 0.364. The van der Waals surface area contributed by atoms with Crippen LogP contribution >= 0.6 is 15.9 Å². The minimum atomic E-state index is -2.43. The average Bonchev–Trinajstić information content (AvgIpc) is 2.18. The molecule has 0 amide bonds. The Bertz CT molecular complexity index is 556. The SMILES string of the molecule is CC1(C)C=Nc2cc(C[SH](=O)=O)cc(Br)c2O1. The van der Waals surface area contributed by atoms with Crippen molar-refractivity contribution in [2.45, 2.75) is 25.2 Å². The summed E-state index contributed by atoms with van der Waals surface area (Å²) in [5, 5.41) is 0. The van der Waals surface area contributed by atoms with Gasteiger partial charge in [0.05, 0.1) is 10.2 Å². The van der Waals surface area contributed by atoms with E-state index in [1.165, 1.54) is 0 Å². The van der Waals surface area contributed by atoms with Crippen LogP contribution in [0.3, 0.4) is 0 Å². The van der Waals surface area contributed by atoms with E-state index in [0.717, 1.165) is 4.47 Å². The third-order valence-electron chi connectivity index (χ3n) is 2.28. The molecule has 6 heteroatoms. The molecule has 0 aromatic heterocycles. The lowest BCUT2D eigenvalue weighted by molar-refractivity contribution is 0.183. The molecule has 92 valence electrons. The minimum absolute atomic E-state index is 0.0140. The summed E-state index contributed by atoms with van der Waals surface area (Å²) in [7, 11) is -2.43. The summed E-state index contributed by atoms with van der Waals surface area (Å²) in [6, 6.07) is 3.48. The van der Waals surface area contributed by atoms with E-state index in [-0.39, 0.29) is 5.75 Å². The zero-order chi connectivity index (χ0) is 12.6. The van der Waals surface area contributed by atoms with Crippen LogP contribution in [0.25, 0.3) is 0 Å². The van der Waals surface area contributed by atoms with E-state index in [1.807, 2.05) is 13.8 Å². The van der Waals surface area contributed by atoms with Crippen molar-refractivity contribution in [1.82, 2.24) is 0 Å². The molecule has 0 radical (unpaired) electrons. The largest absolute Gasteiger partial charge is 0.479 e. The standard InChI is InChI=1S/C11H12BrNO3S/c1-11(2)6-13-9-4-7(5-17(14)15)3-8(12)10(9)16-11/h3-4,6,17H,5H2,1-2H3. The molecule has 2 rings (SSSR count). The van der Waals surface area contributed by atoms with Crippen molar-refractivity contribution < 1.29 is 13.2 Å². The van der Waals surface area contributed by atoms with Gasteiger partial charge in [-0.1, -0.05) is 0 Å². The van der Waals surface area contributed by atoms with Crippen LogP contribution in [0.2, 0.25) is 0 Å². The number of halogens is 1. The van der Waals surface area contributed by atoms with Gasteiger partial charge in [0.2, 0.25) is 0 Å². The Hall–Kier alpha value is -0.880. The third-order valence-corrected chi connectivity index (χ3v) is 3.49. The third kappa shape index (κ3) is 2.87. The number of benzene rings is 1. The van der Waals surface area contributed by atoms with E-state index in [2.05, 4.69) is 20.9 Å².